The van der Waals surface area contributed by atoms with E-state index in [0.717, 1.165) is 31.7 Å². The van der Waals surface area contributed by atoms with Gasteiger partial charge in [-0.2, -0.15) is 13.2 Å². The molecule has 1 aliphatic carbocycles. The molecule has 1 aliphatic rings. The number of benzene rings is 1. The third-order valence-electron chi connectivity index (χ3n) is 3.50. The molecule has 0 aromatic heterocycles. The molecule has 0 aliphatic heterocycles. The Balaban J connectivity index is 2.20. The lowest BCUT2D eigenvalue weighted by Crippen LogP contribution is -2.21. The number of hydrogen-bond acceptors (Lipinski definition) is 1. The van der Waals surface area contributed by atoms with Crippen LogP contribution in [0.5, 0.6) is 0 Å². The van der Waals surface area contributed by atoms with E-state index in [1.807, 2.05) is 0 Å². The van der Waals surface area contributed by atoms with Crippen molar-refractivity contribution in [2.24, 2.45) is 0 Å². The lowest BCUT2D eigenvalue weighted by Gasteiger charge is -2.21. The van der Waals surface area contributed by atoms with Crippen molar-refractivity contribution in [2.45, 2.75) is 50.7 Å². The highest BCUT2D eigenvalue weighted by Gasteiger charge is 2.34. The molecule has 2 rings (SSSR count). The SMILES string of the molecule is FC(F)(F)c1ccc(Br)cc1NC1CCCCCC1. The molecule has 19 heavy (non-hydrogen) atoms. The average molecular weight is 336 g/mol. The van der Waals surface area contributed by atoms with E-state index in [9.17, 15) is 13.2 Å². The van der Waals surface area contributed by atoms with Gasteiger partial charge in [0.15, 0.2) is 0 Å². The summed E-state index contributed by atoms with van der Waals surface area (Å²) in [5, 5.41) is 3.09. The Kier molecular flexibility index (Phi) is 4.76. The highest BCUT2D eigenvalue weighted by molar-refractivity contribution is 9.10. The van der Waals surface area contributed by atoms with E-state index in [0.29, 0.717) is 4.47 Å². The zero-order chi connectivity index (χ0) is 13.9. The van der Waals surface area contributed by atoms with Gasteiger partial charge in [0.1, 0.15) is 0 Å². The van der Waals surface area contributed by atoms with Crippen LogP contribution in [-0.4, -0.2) is 6.04 Å². The van der Waals surface area contributed by atoms with Crippen LogP contribution in [0, 0.1) is 0 Å². The predicted molar refractivity (Wildman–Crippen MR) is 74.3 cm³/mol. The first kappa shape index (κ1) is 14.7. The minimum atomic E-state index is -4.31. The summed E-state index contributed by atoms with van der Waals surface area (Å²) in [7, 11) is 0. The van der Waals surface area contributed by atoms with E-state index in [4.69, 9.17) is 0 Å². The minimum absolute atomic E-state index is 0.151. The third-order valence-corrected chi connectivity index (χ3v) is 4.00. The van der Waals surface area contributed by atoms with Crippen molar-refractivity contribution < 1.29 is 13.2 Å². The topological polar surface area (TPSA) is 12.0 Å². The second-order valence-electron chi connectivity index (χ2n) is 5.02. The molecule has 1 saturated carbocycles. The van der Waals surface area contributed by atoms with Crippen molar-refractivity contribution in [3.63, 3.8) is 0 Å². The molecule has 1 nitrogen and oxygen atoms in total. The van der Waals surface area contributed by atoms with Crippen LogP contribution in [0.1, 0.15) is 44.1 Å². The Labute approximate surface area is 119 Å². The molecule has 0 saturated heterocycles. The van der Waals surface area contributed by atoms with Crippen LogP contribution < -0.4 is 5.32 Å². The molecule has 1 fully saturated rings. The number of halogens is 4. The summed E-state index contributed by atoms with van der Waals surface area (Å²) in [6, 6.07) is 4.23. The fourth-order valence-electron chi connectivity index (χ4n) is 2.53. The number of hydrogen-bond donors (Lipinski definition) is 1. The number of rotatable bonds is 2. The second-order valence-corrected chi connectivity index (χ2v) is 5.94. The van der Waals surface area contributed by atoms with Gasteiger partial charge in [-0.1, -0.05) is 41.6 Å². The van der Waals surface area contributed by atoms with Crippen LogP contribution in [0.2, 0.25) is 0 Å². The molecule has 0 spiro atoms. The first-order chi connectivity index (χ1) is 8.97. The van der Waals surface area contributed by atoms with Crippen LogP contribution in [-0.2, 0) is 6.18 Å². The normalized spacial score (nSPS) is 18.1. The highest BCUT2D eigenvalue weighted by atomic mass is 79.9. The zero-order valence-electron chi connectivity index (χ0n) is 10.6. The molecule has 1 aromatic rings. The smallest absolute Gasteiger partial charge is 0.382 e. The standard InChI is InChI=1S/C14H17BrF3N/c15-10-7-8-12(14(16,17)18)13(9-10)19-11-5-3-1-2-4-6-11/h7-9,11,19H,1-6H2. The molecule has 0 radical (unpaired) electrons. The first-order valence-electron chi connectivity index (χ1n) is 6.60. The molecule has 0 atom stereocenters. The van der Waals surface area contributed by atoms with Gasteiger partial charge in [0.05, 0.1) is 5.56 Å². The Morgan fingerprint density at radius 1 is 1.05 bits per heavy atom. The average Bonchev–Trinajstić information content (AvgIpc) is 2.56. The van der Waals surface area contributed by atoms with Crippen molar-refractivity contribution in [3.05, 3.63) is 28.2 Å². The fourth-order valence-corrected chi connectivity index (χ4v) is 2.89. The van der Waals surface area contributed by atoms with E-state index in [2.05, 4.69) is 21.2 Å². The maximum atomic E-state index is 13.0. The Morgan fingerprint density at radius 2 is 1.68 bits per heavy atom. The van der Waals surface area contributed by atoms with Gasteiger partial charge >= 0.3 is 6.18 Å². The molecule has 0 amide bonds. The van der Waals surface area contributed by atoms with Gasteiger partial charge in [0.2, 0.25) is 0 Å². The monoisotopic (exact) mass is 335 g/mol. The molecule has 0 bridgehead atoms. The van der Waals surface area contributed by atoms with E-state index in [1.54, 1.807) is 0 Å². The van der Waals surface area contributed by atoms with Gasteiger partial charge in [-0.15, -0.1) is 0 Å². The summed E-state index contributed by atoms with van der Waals surface area (Å²) >= 11 is 3.24. The summed E-state index contributed by atoms with van der Waals surface area (Å²) in [5.41, 5.74) is -0.395. The van der Waals surface area contributed by atoms with E-state index >= 15 is 0 Å². The zero-order valence-corrected chi connectivity index (χ0v) is 12.1. The van der Waals surface area contributed by atoms with Gasteiger partial charge in [0, 0.05) is 16.2 Å². The van der Waals surface area contributed by atoms with Gasteiger partial charge < -0.3 is 5.32 Å². The summed E-state index contributed by atoms with van der Waals surface area (Å²) in [6.07, 6.45) is 2.13. The Morgan fingerprint density at radius 3 is 2.26 bits per heavy atom. The van der Waals surface area contributed by atoms with Crippen LogP contribution in [0.3, 0.4) is 0 Å². The second kappa shape index (κ2) is 6.16. The lowest BCUT2D eigenvalue weighted by atomic mass is 10.1. The van der Waals surface area contributed by atoms with Crippen molar-refractivity contribution in [1.82, 2.24) is 0 Å². The van der Waals surface area contributed by atoms with E-state index < -0.39 is 11.7 Å². The maximum Gasteiger partial charge on any atom is 0.418 e. The molecule has 0 heterocycles. The fraction of sp³-hybridized carbons (Fsp3) is 0.571. The number of nitrogens with one attached hydrogen (secondary N) is 1. The maximum absolute atomic E-state index is 13.0. The summed E-state index contributed by atoms with van der Waals surface area (Å²) < 4.78 is 39.5. The molecule has 1 N–H and O–H groups in total. The van der Waals surface area contributed by atoms with Crippen LogP contribution >= 0.6 is 15.9 Å². The summed E-state index contributed by atoms with van der Waals surface area (Å²) in [5.74, 6) is 0. The predicted octanol–water partition coefficient (Wildman–Crippen LogP) is 5.60. The third kappa shape index (κ3) is 4.13. The highest BCUT2D eigenvalue weighted by Crippen LogP contribution is 2.37. The van der Waals surface area contributed by atoms with Gasteiger partial charge in [0.25, 0.3) is 0 Å². The van der Waals surface area contributed by atoms with Crippen LogP contribution in [0.25, 0.3) is 0 Å². The molecular formula is C14H17BrF3N. The first-order valence-corrected chi connectivity index (χ1v) is 7.39. The lowest BCUT2D eigenvalue weighted by molar-refractivity contribution is -0.137. The summed E-state index contributed by atoms with van der Waals surface area (Å²) in [6.45, 7) is 0. The largest absolute Gasteiger partial charge is 0.418 e. The van der Waals surface area contributed by atoms with Gasteiger partial charge in [-0.25, -0.2) is 0 Å². The Bertz CT molecular complexity index is 423. The van der Waals surface area contributed by atoms with E-state index in [1.165, 1.54) is 25.0 Å². The molecule has 5 heteroatoms. The van der Waals surface area contributed by atoms with Gasteiger partial charge in [-0.05, 0) is 31.0 Å². The summed E-state index contributed by atoms with van der Waals surface area (Å²) in [4.78, 5) is 0. The minimum Gasteiger partial charge on any atom is -0.382 e. The van der Waals surface area contributed by atoms with E-state index in [-0.39, 0.29) is 11.7 Å². The number of alkyl halides is 3. The Hall–Kier alpha value is -0.710. The van der Waals surface area contributed by atoms with Crippen LogP contribution in [0.15, 0.2) is 22.7 Å². The van der Waals surface area contributed by atoms with Crippen LogP contribution in [0.4, 0.5) is 18.9 Å². The molecule has 106 valence electrons. The molecule has 0 unspecified atom stereocenters. The van der Waals surface area contributed by atoms with Crippen molar-refractivity contribution in [2.75, 3.05) is 5.32 Å². The van der Waals surface area contributed by atoms with Crippen molar-refractivity contribution >= 4 is 21.6 Å². The van der Waals surface area contributed by atoms with Crippen molar-refractivity contribution in [1.29, 1.82) is 0 Å². The van der Waals surface area contributed by atoms with Gasteiger partial charge in [-0.3, -0.25) is 0 Å². The molecule has 1 aromatic carbocycles. The van der Waals surface area contributed by atoms with Crippen molar-refractivity contribution in [3.8, 4) is 0 Å². The number of anilines is 1. The quantitative estimate of drug-likeness (QED) is 0.693. The molecular weight excluding hydrogens is 319 g/mol.